The van der Waals surface area contributed by atoms with Crippen molar-refractivity contribution in [2.24, 2.45) is 5.92 Å². The van der Waals surface area contributed by atoms with E-state index in [1.165, 1.54) is 0 Å². The third-order valence-electron chi connectivity index (χ3n) is 4.91. The molecule has 7 nitrogen and oxygen atoms in total. The van der Waals surface area contributed by atoms with Gasteiger partial charge in [-0.05, 0) is 38.0 Å². The third-order valence-corrected chi connectivity index (χ3v) is 6.66. The SMILES string of the molecule is CC1CCC(OCC(=O)Nc2ccnn2C2CCS(=O)(=O)C2)CC1. The van der Waals surface area contributed by atoms with E-state index >= 15 is 0 Å². The van der Waals surface area contributed by atoms with Crippen molar-refractivity contribution < 1.29 is 17.9 Å². The van der Waals surface area contributed by atoms with Gasteiger partial charge < -0.3 is 10.1 Å². The van der Waals surface area contributed by atoms with Gasteiger partial charge in [-0.2, -0.15) is 5.10 Å². The molecule has 1 N–H and O–H groups in total. The summed E-state index contributed by atoms with van der Waals surface area (Å²) in [5, 5.41) is 6.96. The number of anilines is 1. The van der Waals surface area contributed by atoms with E-state index in [0.29, 0.717) is 12.2 Å². The molecule has 2 aliphatic rings. The summed E-state index contributed by atoms with van der Waals surface area (Å²) in [6.45, 7) is 2.26. The molecule has 1 atom stereocenters. The van der Waals surface area contributed by atoms with E-state index < -0.39 is 9.84 Å². The Labute approximate surface area is 142 Å². The molecule has 1 saturated carbocycles. The molecule has 24 heavy (non-hydrogen) atoms. The van der Waals surface area contributed by atoms with E-state index in [-0.39, 0.29) is 36.2 Å². The van der Waals surface area contributed by atoms with Crippen molar-refractivity contribution in [3.63, 3.8) is 0 Å². The number of hydrogen-bond acceptors (Lipinski definition) is 5. The Kier molecular flexibility index (Phi) is 5.24. The molecule has 0 spiro atoms. The first-order valence-electron chi connectivity index (χ1n) is 8.58. The van der Waals surface area contributed by atoms with Gasteiger partial charge in [-0.3, -0.25) is 4.79 Å². The minimum absolute atomic E-state index is 0.0210. The summed E-state index contributed by atoms with van der Waals surface area (Å²) in [5.41, 5.74) is 0. The first-order chi connectivity index (χ1) is 11.4. The monoisotopic (exact) mass is 355 g/mol. The van der Waals surface area contributed by atoms with E-state index in [2.05, 4.69) is 17.3 Å². The fraction of sp³-hybridized carbons (Fsp3) is 0.750. The average molecular weight is 355 g/mol. The number of ether oxygens (including phenoxy) is 1. The molecular weight excluding hydrogens is 330 g/mol. The molecule has 1 aromatic heterocycles. The third kappa shape index (κ3) is 4.36. The van der Waals surface area contributed by atoms with Gasteiger partial charge in [0.05, 0.1) is 29.8 Å². The largest absolute Gasteiger partial charge is 0.368 e. The van der Waals surface area contributed by atoms with Crippen LogP contribution in [0, 0.1) is 5.92 Å². The maximum absolute atomic E-state index is 12.1. The first-order valence-corrected chi connectivity index (χ1v) is 10.4. The summed E-state index contributed by atoms with van der Waals surface area (Å²) < 4.78 is 30.5. The van der Waals surface area contributed by atoms with Crippen LogP contribution in [0.25, 0.3) is 0 Å². The van der Waals surface area contributed by atoms with Crippen LogP contribution in [0.5, 0.6) is 0 Å². The second-order valence-electron chi connectivity index (χ2n) is 6.96. The van der Waals surface area contributed by atoms with Crippen molar-refractivity contribution in [1.82, 2.24) is 9.78 Å². The van der Waals surface area contributed by atoms with Gasteiger partial charge >= 0.3 is 0 Å². The van der Waals surface area contributed by atoms with Gasteiger partial charge in [-0.25, -0.2) is 13.1 Å². The van der Waals surface area contributed by atoms with Crippen LogP contribution >= 0.6 is 0 Å². The molecule has 1 aliphatic heterocycles. The second kappa shape index (κ2) is 7.23. The Balaban J connectivity index is 1.51. The number of hydrogen-bond donors (Lipinski definition) is 1. The van der Waals surface area contributed by atoms with Crippen LogP contribution < -0.4 is 5.32 Å². The van der Waals surface area contributed by atoms with Crippen molar-refractivity contribution in [1.29, 1.82) is 0 Å². The van der Waals surface area contributed by atoms with Crippen LogP contribution in [-0.2, 0) is 19.4 Å². The lowest BCUT2D eigenvalue weighted by molar-refractivity contribution is -0.123. The lowest BCUT2D eigenvalue weighted by Gasteiger charge is -2.26. The second-order valence-corrected chi connectivity index (χ2v) is 9.19. The number of nitrogens with zero attached hydrogens (tertiary/aromatic N) is 2. The molecule has 1 unspecified atom stereocenters. The zero-order valence-electron chi connectivity index (χ0n) is 14.0. The predicted molar refractivity (Wildman–Crippen MR) is 90.5 cm³/mol. The van der Waals surface area contributed by atoms with E-state index in [4.69, 9.17) is 4.74 Å². The van der Waals surface area contributed by atoms with E-state index in [9.17, 15) is 13.2 Å². The Morgan fingerprint density at radius 2 is 2.08 bits per heavy atom. The van der Waals surface area contributed by atoms with Crippen LogP contribution in [0.4, 0.5) is 5.82 Å². The molecule has 1 aromatic rings. The van der Waals surface area contributed by atoms with Gasteiger partial charge in [-0.1, -0.05) is 6.92 Å². The summed E-state index contributed by atoms with van der Waals surface area (Å²) in [6, 6.07) is 1.48. The van der Waals surface area contributed by atoms with Crippen LogP contribution in [0.1, 0.15) is 45.1 Å². The van der Waals surface area contributed by atoms with Gasteiger partial charge in [0.1, 0.15) is 12.4 Å². The van der Waals surface area contributed by atoms with Gasteiger partial charge in [0.15, 0.2) is 9.84 Å². The van der Waals surface area contributed by atoms with Crippen LogP contribution in [0.15, 0.2) is 12.3 Å². The number of rotatable bonds is 5. The van der Waals surface area contributed by atoms with Crippen LogP contribution in [0.2, 0.25) is 0 Å². The molecule has 1 saturated heterocycles. The Morgan fingerprint density at radius 1 is 1.33 bits per heavy atom. The molecule has 2 fully saturated rings. The zero-order chi connectivity index (χ0) is 17.2. The number of sulfone groups is 1. The number of carbonyl (C=O) groups is 1. The first kappa shape index (κ1) is 17.4. The normalized spacial score (nSPS) is 29.5. The fourth-order valence-electron chi connectivity index (χ4n) is 3.44. The summed E-state index contributed by atoms with van der Waals surface area (Å²) in [4.78, 5) is 12.1. The maximum Gasteiger partial charge on any atom is 0.251 e. The standard InChI is InChI=1S/C16H25N3O4S/c1-12-2-4-14(5-3-12)23-10-16(20)18-15-6-8-17-19(15)13-7-9-24(21,22)11-13/h6,8,12-14H,2-5,7,9-11H2,1H3,(H,18,20). The van der Waals surface area contributed by atoms with Crippen molar-refractivity contribution in [2.75, 3.05) is 23.4 Å². The van der Waals surface area contributed by atoms with Gasteiger partial charge in [0, 0.05) is 6.07 Å². The Morgan fingerprint density at radius 3 is 2.75 bits per heavy atom. The molecule has 0 aromatic carbocycles. The van der Waals surface area contributed by atoms with Crippen molar-refractivity contribution >= 4 is 21.6 Å². The lowest BCUT2D eigenvalue weighted by Crippen LogP contribution is -2.27. The lowest BCUT2D eigenvalue weighted by atomic mass is 9.89. The molecule has 0 radical (unpaired) electrons. The summed E-state index contributed by atoms with van der Waals surface area (Å²) in [5.74, 6) is 1.30. The highest BCUT2D eigenvalue weighted by atomic mass is 32.2. The van der Waals surface area contributed by atoms with Gasteiger partial charge in [0.2, 0.25) is 0 Å². The van der Waals surface area contributed by atoms with Crippen molar-refractivity contribution in [2.45, 2.75) is 51.2 Å². The smallest absolute Gasteiger partial charge is 0.251 e. The summed E-state index contributed by atoms with van der Waals surface area (Å²) in [7, 11) is -2.99. The molecular formula is C16H25N3O4S. The molecule has 2 heterocycles. The van der Waals surface area contributed by atoms with Crippen molar-refractivity contribution in [3.05, 3.63) is 12.3 Å². The highest BCUT2D eigenvalue weighted by Crippen LogP contribution is 2.27. The van der Waals surface area contributed by atoms with E-state index in [1.54, 1.807) is 16.9 Å². The number of carbonyl (C=O) groups excluding carboxylic acids is 1. The predicted octanol–water partition coefficient (Wildman–Crippen LogP) is 1.78. The quantitative estimate of drug-likeness (QED) is 0.869. The fourth-order valence-corrected chi connectivity index (χ4v) is 5.13. The molecule has 1 amide bonds. The highest BCUT2D eigenvalue weighted by Gasteiger charge is 2.31. The number of nitrogens with one attached hydrogen (secondary N) is 1. The molecule has 1 aliphatic carbocycles. The minimum atomic E-state index is -2.99. The highest BCUT2D eigenvalue weighted by molar-refractivity contribution is 7.91. The van der Waals surface area contributed by atoms with Crippen molar-refractivity contribution in [3.8, 4) is 0 Å². The van der Waals surface area contributed by atoms with Crippen LogP contribution in [-0.4, -0.2) is 48.3 Å². The molecule has 3 rings (SSSR count). The number of aromatic nitrogens is 2. The minimum Gasteiger partial charge on any atom is -0.368 e. The van der Waals surface area contributed by atoms with Crippen LogP contribution in [0.3, 0.4) is 0 Å². The Bertz CT molecular complexity index is 677. The van der Waals surface area contributed by atoms with Gasteiger partial charge in [-0.15, -0.1) is 0 Å². The van der Waals surface area contributed by atoms with E-state index in [0.717, 1.165) is 31.6 Å². The zero-order valence-corrected chi connectivity index (χ0v) is 14.8. The van der Waals surface area contributed by atoms with E-state index in [1.807, 2.05) is 0 Å². The number of amides is 1. The maximum atomic E-state index is 12.1. The molecule has 8 heteroatoms. The topological polar surface area (TPSA) is 90.3 Å². The average Bonchev–Trinajstić information content (AvgIpc) is 3.12. The Hall–Kier alpha value is -1.41. The summed E-state index contributed by atoms with van der Waals surface area (Å²) in [6.07, 6.45) is 6.58. The molecule has 0 bridgehead atoms. The summed E-state index contributed by atoms with van der Waals surface area (Å²) >= 11 is 0. The van der Waals surface area contributed by atoms with Gasteiger partial charge in [0.25, 0.3) is 5.91 Å². The molecule has 134 valence electrons.